The van der Waals surface area contributed by atoms with Gasteiger partial charge in [-0.25, -0.2) is 0 Å². The van der Waals surface area contributed by atoms with Crippen molar-refractivity contribution in [2.45, 2.75) is 13.8 Å². The maximum absolute atomic E-state index is 10.7. The minimum Gasteiger partial charge on any atom is -0.481 e. The number of allylic oxidation sites excluding steroid dienone is 2. The molecule has 0 radical (unpaired) electrons. The topological polar surface area (TPSA) is 38.3 Å². The van der Waals surface area contributed by atoms with Gasteiger partial charge in [-0.3, -0.25) is 4.79 Å². The molecule has 1 rings (SSSR count). The van der Waals surface area contributed by atoms with Crippen molar-refractivity contribution in [1.29, 1.82) is 0 Å². The van der Waals surface area contributed by atoms with E-state index in [1.54, 1.807) is 0 Å². The second-order valence-electron chi connectivity index (χ2n) is 4.24. The first-order chi connectivity index (χ1) is 9.59. The Balaban J connectivity index is 2.38. The van der Waals surface area contributed by atoms with E-state index in [2.05, 4.69) is 5.32 Å². The van der Waals surface area contributed by atoms with Crippen molar-refractivity contribution in [3.8, 4) is 0 Å². The van der Waals surface area contributed by atoms with Crippen molar-refractivity contribution in [3.05, 3.63) is 53.6 Å². The minimum absolute atomic E-state index is 0.0717. The standard InChI is InChI=1S/C16H19NO2S/c1-13(16(20)19-12-11-17-14(2)18)7-6-10-15-8-4-3-5-9-15/h3-10H,11-12H2,1-2H3,(H,17,18)/b10-6+,13-7+. The molecule has 0 aliphatic carbocycles. The number of hydrogen-bond acceptors (Lipinski definition) is 3. The van der Waals surface area contributed by atoms with Crippen molar-refractivity contribution in [2.24, 2.45) is 0 Å². The highest BCUT2D eigenvalue weighted by Crippen LogP contribution is 2.04. The zero-order chi connectivity index (χ0) is 14.8. The molecule has 0 fully saturated rings. The summed E-state index contributed by atoms with van der Waals surface area (Å²) in [6, 6.07) is 10.0. The Bertz CT molecular complexity index is 506. The van der Waals surface area contributed by atoms with Gasteiger partial charge >= 0.3 is 0 Å². The third kappa shape index (κ3) is 6.85. The second kappa shape index (κ2) is 9.04. The van der Waals surface area contributed by atoms with Crippen LogP contribution in [0, 0.1) is 0 Å². The average Bonchev–Trinajstić information content (AvgIpc) is 2.44. The molecule has 4 heteroatoms. The molecule has 0 aliphatic heterocycles. The highest BCUT2D eigenvalue weighted by molar-refractivity contribution is 7.80. The highest BCUT2D eigenvalue weighted by Gasteiger charge is 1.99. The molecule has 1 amide bonds. The normalized spacial score (nSPS) is 11.4. The maximum atomic E-state index is 10.7. The number of thiocarbonyl (C=S) groups is 1. The molecule has 0 aromatic heterocycles. The lowest BCUT2D eigenvalue weighted by Crippen LogP contribution is -2.25. The van der Waals surface area contributed by atoms with Crippen molar-refractivity contribution in [1.82, 2.24) is 5.32 Å². The maximum Gasteiger partial charge on any atom is 0.216 e. The van der Waals surface area contributed by atoms with Crippen molar-refractivity contribution < 1.29 is 9.53 Å². The van der Waals surface area contributed by atoms with E-state index in [1.165, 1.54) is 6.92 Å². The molecule has 0 spiro atoms. The molecular formula is C16H19NO2S. The second-order valence-corrected chi connectivity index (χ2v) is 4.61. The van der Waals surface area contributed by atoms with E-state index >= 15 is 0 Å². The molecule has 1 aromatic carbocycles. The number of benzene rings is 1. The van der Waals surface area contributed by atoms with Crippen LogP contribution in [-0.2, 0) is 9.53 Å². The predicted octanol–water partition coefficient (Wildman–Crippen LogP) is 3.13. The van der Waals surface area contributed by atoms with Gasteiger partial charge in [0.25, 0.3) is 0 Å². The van der Waals surface area contributed by atoms with Crippen LogP contribution in [0.4, 0.5) is 0 Å². The van der Waals surface area contributed by atoms with E-state index in [4.69, 9.17) is 17.0 Å². The number of carbonyl (C=O) groups excluding carboxylic acids is 1. The summed E-state index contributed by atoms with van der Waals surface area (Å²) in [5, 5.41) is 3.10. The molecule has 1 N–H and O–H groups in total. The summed E-state index contributed by atoms with van der Waals surface area (Å²) >= 11 is 5.15. The van der Waals surface area contributed by atoms with Crippen molar-refractivity contribution in [3.63, 3.8) is 0 Å². The summed E-state index contributed by atoms with van der Waals surface area (Å²) in [7, 11) is 0. The number of hydrogen-bond donors (Lipinski definition) is 1. The Labute approximate surface area is 125 Å². The van der Waals surface area contributed by atoms with E-state index in [-0.39, 0.29) is 5.91 Å². The molecule has 0 atom stereocenters. The fourth-order valence-corrected chi connectivity index (χ4v) is 1.57. The number of ether oxygens (including phenoxy) is 1. The minimum atomic E-state index is -0.0717. The Morgan fingerprint density at radius 3 is 2.65 bits per heavy atom. The Hall–Kier alpha value is -1.94. The molecular weight excluding hydrogens is 270 g/mol. The summed E-state index contributed by atoms with van der Waals surface area (Å²) in [5.41, 5.74) is 2.02. The van der Waals surface area contributed by atoms with Gasteiger partial charge in [-0.05, 0) is 24.7 Å². The van der Waals surface area contributed by atoms with E-state index < -0.39 is 0 Å². The molecule has 0 saturated carbocycles. The molecule has 106 valence electrons. The first-order valence-electron chi connectivity index (χ1n) is 6.41. The Kier molecular flexibility index (Phi) is 7.29. The van der Waals surface area contributed by atoms with Gasteiger partial charge in [0.1, 0.15) is 6.61 Å². The predicted molar refractivity (Wildman–Crippen MR) is 86.5 cm³/mol. The van der Waals surface area contributed by atoms with Crippen LogP contribution >= 0.6 is 12.2 Å². The van der Waals surface area contributed by atoms with E-state index in [9.17, 15) is 4.79 Å². The monoisotopic (exact) mass is 289 g/mol. The van der Waals surface area contributed by atoms with Crippen LogP contribution in [0.3, 0.4) is 0 Å². The zero-order valence-electron chi connectivity index (χ0n) is 11.8. The molecule has 0 aliphatic rings. The number of carbonyl (C=O) groups is 1. The highest BCUT2D eigenvalue weighted by atomic mass is 32.1. The number of amides is 1. The Morgan fingerprint density at radius 2 is 2.00 bits per heavy atom. The summed E-state index contributed by atoms with van der Waals surface area (Å²) in [6.07, 6.45) is 5.85. The lowest BCUT2D eigenvalue weighted by Gasteiger charge is -2.07. The number of rotatable bonds is 6. The summed E-state index contributed by atoms with van der Waals surface area (Å²) in [6.45, 7) is 4.21. The van der Waals surface area contributed by atoms with Crippen LogP contribution in [0.5, 0.6) is 0 Å². The van der Waals surface area contributed by atoms with Gasteiger partial charge in [-0.15, -0.1) is 0 Å². The van der Waals surface area contributed by atoms with E-state index in [0.29, 0.717) is 18.2 Å². The van der Waals surface area contributed by atoms with Gasteiger partial charge in [0.05, 0.1) is 6.54 Å². The van der Waals surface area contributed by atoms with Gasteiger partial charge in [0.2, 0.25) is 5.91 Å². The van der Waals surface area contributed by atoms with Gasteiger partial charge in [0.15, 0.2) is 5.05 Å². The van der Waals surface area contributed by atoms with Crippen molar-refractivity contribution in [2.75, 3.05) is 13.2 Å². The fraction of sp³-hybridized carbons (Fsp3) is 0.250. The fourth-order valence-electron chi connectivity index (χ4n) is 1.42. The molecule has 20 heavy (non-hydrogen) atoms. The Morgan fingerprint density at radius 1 is 1.30 bits per heavy atom. The molecule has 0 bridgehead atoms. The quantitative estimate of drug-likeness (QED) is 0.378. The van der Waals surface area contributed by atoms with Gasteiger partial charge in [-0.2, -0.15) is 0 Å². The smallest absolute Gasteiger partial charge is 0.216 e. The van der Waals surface area contributed by atoms with Crippen LogP contribution in [0.1, 0.15) is 19.4 Å². The van der Waals surface area contributed by atoms with Crippen LogP contribution in [0.25, 0.3) is 6.08 Å². The van der Waals surface area contributed by atoms with Crippen LogP contribution < -0.4 is 5.32 Å². The van der Waals surface area contributed by atoms with Gasteiger partial charge < -0.3 is 10.1 Å². The van der Waals surface area contributed by atoms with E-state index in [1.807, 2.05) is 55.5 Å². The number of nitrogens with one attached hydrogen (secondary N) is 1. The summed E-state index contributed by atoms with van der Waals surface area (Å²) in [5.74, 6) is -0.0717. The lowest BCUT2D eigenvalue weighted by molar-refractivity contribution is -0.119. The largest absolute Gasteiger partial charge is 0.481 e. The van der Waals surface area contributed by atoms with Gasteiger partial charge in [0, 0.05) is 12.5 Å². The van der Waals surface area contributed by atoms with Crippen LogP contribution in [0.2, 0.25) is 0 Å². The van der Waals surface area contributed by atoms with Gasteiger partial charge in [-0.1, -0.05) is 48.6 Å². The molecule has 0 heterocycles. The third-order valence-electron chi connectivity index (χ3n) is 2.47. The van der Waals surface area contributed by atoms with Crippen molar-refractivity contribution >= 4 is 29.3 Å². The zero-order valence-corrected chi connectivity index (χ0v) is 12.6. The van der Waals surface area contributed by atoms with Crippen LogP contribution in [0.15, 0.2) is 48.1 Å². The average molecular weight is 289 g/mol. The molecule has 0 saturated heterocycles. The SMILES string of the molecule is CC(=O)NCCOC(=S)/C(C)=C/C=C/c1ccccc1. The van der Waals surface area contributed by atoms with Crippen LogP contribution in [-0.4, -0.2) is 24.1 Å². The summed E-state index contributed by atoms with van der Waals surface area (Å²) < 4.78 is 5.37. The third-order valence-corrected chi connectivity index (χ3v) is 2.91. The summed E-state index contributed by atoms with van der Waals surface area (Å²) in [4.78, 5) is 10.7. The first kappa shape index (κ1) is 16.1. The molecule has 0 unspecified atom stereocenters. The first-order valence-corrected chi connectivity index (χ1v) is 6.82. The molecule has 1 aromatic rings. The molecule has 3 nitrogen and oxygen atoms in total. The lowest BCUT2D eigenvalue weighted by atomic mass is 10.2. The van der Waals surface area contributed by atoms with E-state index in [0.717, 1.165) is 11.1 Å².